The van der Waals surface area contributed by atoms with Gasteiger partial charge in [0.25, 0.3) is 0 Å². The molecule has 0 bridgehead atoms. The highest BCUT2D eigenvalue weighted by atomic mass is 16.4. The van der Waals surface area contributed by atoms with Gasteiger partial charge in [0.15, 0.2) is 5.96 Å². The van der Waals surface area contributed by atoms with E-state index in [1.807, 2.05) is 5.32 Å². The number of nitrogens with two attached hydrogens (primary N) is 3. The van der Waals surface area contributed by atoms with Gasteiger partial charge in [-0.1, -0.05) is 13.8 Å². The summed E-state index contributed by atoms with van der Waals surface area (Å²) in [5.74, 6) is -13.0. The highest BCUT2D eigenvalue weighted by Gasteiger charge is 2.34. The van der Waals surface area contributed by atoms with Gasteiger partial charge >= 0.3 is 23.9 Å². The number of aliphatic hydroxyl groups excluding tert-OH is 1. The molecule has 316 valence electrons. The van der Waals surface area contributed by atoms with Gasteiger partial charge in [-0.2, -0.15) is 0 Å². The van der Waals surface area contributed by atoms with Crippen molar-refractivity contribution in [2.45, 2.75) is 108 Å². The Kier molecular flexibility index (Phi) is 22.3. The first-order valence-electron chi connectivity index (χ1n) is 17.1. The Morgan fingerprint density at radius 1 is 0.571 bits per heavy atom. The van der Waals surface area contributed by atoms with Crippen molar-refractivity contribution in [1.29, 1.82) is 0 Å². The largest absolute Gasteiger partial charge is 0.481 e. The van der Waals surface area contributed by atoms with Crippen LogP contribution in [-0.2, 0) is 47.9 Å². The van der Waals surface area contributed by atoms with E-state index >= 15 is 0 Å². The van der Waals surface area contributed by atoms with Gasteiger partial charge in [-0.15, -0.1) is 0 Å². The van der Waals surface area contributed by atoms with Crippen LogP contribution < -0.4 is 49.1 Å². The molecule has 25 nitrogen and oxygen atoms in total. The summed E-state index contributed by atoms with van der Waals surface area (Å²) in [4.78, 5) is 127. The lowest BCUT2D eigenvalue weighted by atomic mass is 10.0. The van der Waals surface area contributed by atoms with Crippen LogP contribution >= 0.6 is 0 Å². The maximum atomic E-state index is 13.3. The van der Waals surface area contributed by atoms with Gasteiger partial charge in [0.05, 0.1) is 25.5 Å². The van der Waals surface area contributed by atoms with Crippen molar-refractivity contribution in [2.75, 3.05) is 13.2 Å². The number of aliphatic carboxylic acids is 4. The Morgan fingerprint density at radius 3 is 1.55 bits per heavy atom. The fourth-order valence-electron chi connectivity index (χ4n) is 4.63. The Morgan fingerprint density at radius 2 is 1.05 bits per heavy atom. The number of carboxylic acids is 4. The van der Waals surface area contributed by atoms with E-state index in [9.17, 15) is 63.3 Å². The molecule has 0 spiro atoms. The zero-order chi connectivity index (χ0) is 43.3. The first-order chi connectivity index (χ1) is 26.0. The number of nitrogens with zero attached hydrogens (tertiary/aromatic N) is 1. The fraction of sp³-hybridized carbons (Fsp3) is 0.645. The molecule has 0 aliphatic rings. The average Bonchev–Trinajstić information content (AvgIpc) is 3.07. The predicted molar refractivity (Wildman–Crippen MR) is 191 cm³/mol. The number of aliphatic hydroxyl groups is 1. The summed E-state index contributed by atoms with van der Waals surface area (Å²) in [6, 6.07) is -11.2. The third-order valence-corrected chi connectivity index (χ3v) is 7.49. The molecule has 0 aliphatic carbocycles. The number of carboxylic acid groups (broad SMARTS) is 4. The lowest BCUT2D eigenvalue weighted by Gasteiger charge is -2.26. The molecule has 0 saturated carbocycles. The van der Waals surface area contributed by atoms with Gasteiger partial charge in [0, 0.05) is 13.0 Å². The summed E-state index contributed by atoms with van der Waals surface area (Å²) in [7, 11) is 0. The van der Waals surface area contributed by atoms with Crippen LogP contribution in [0.25, 0.3) is 0 Å². The van der Waals surface area contributed by atoms with Gasteiger partial charge < -0.3 is 74.6 Å². The normalized spacial score (nSPS) is 14.5. The summed E-state index contributed by atoms with van der Waals surface area (Å²) >= 11 is 0. The number of carbonyl (C=O) groups is 10. The third-order valence-electron chi connectivity index (χ3n) is 7.49. The van der Waals surface area contributed by atoms with Crippen molar-refractivity contribution in [1.82, 2.24) is 31.9 Å². The number of hydrogen-bond donors (Lipinski definition) is 14. The number of rotatable bonds is 27. The quantitative estimate of drug-likeness (QED) is 0.0209. The van der Waals surface area contributed by atoms with E-state index in [0.29, 0.717) is 0 Å². The minimum absolute atomic E-state index is 0.0225. The molecule has 0 aromatic carbocycles. The number of aliphatic imine (C=N–C) groups is 1. The molecule has 0 heterocycles. The van der Waals surface area contributed by atoms with Gasteiger partial charge in [0.2, 0.25) is 35.4 Å². The van der Waals surface area contributed by atoms with E-state index in [-0.39, 0.29) is 37.7 Å². The zero-order valence-electron chi connectivity index (χ0n) is 31.0. The minimum atomic E-state index is -1.85. The Bertz CT molecular complexity index is 1470. The van der Waals surface area contributed by atoms with Crippen LogP contribution in [0.1, 0.15) is 65.7 Å². The molecule has 6 amide bonds. The van der Waals surface area contributed by atoms with Crippen molar-refractivity contribution >= 4 is 65.3 Å². The number of guanidine groups is 1. The topological polar surface area (TPSA) is 434 Å². The smallest absolute Gasteiger partial charge is 0.326 e. The molecule has 0 rings (SSSR count). The maximum Gasteiger partial charge on any atom is 0.326 e. The van der Waals surface area contributed by atoms with Crippen molar-refractivity contribution < 1.29 is 73.5 Å². The Balaban J connectivity index is 5.97. The minimum Gasteiger partial charge on any atom is -0.481 e. The van der Waals surface area contributed by atoms with Gasteiger partial charge in [-0.05, 0) is 38.5 Å². The second-order valence-electron chi connectivity index (χ2n) is 12.9. The first kappa shape index (κ1) is 49.9. The molecule has 0 radical (unpaired) electrons. The summed E-state index contributed by atoms with van der Waals surface area (Å²) in [5, 5.41) is 59.5. The lowest BCUT2D eigenvalue weighted by molar-refractivity contribution is -0.144. The molecule has 0 unspecified atom stereocenters. The van der Waals surface area contributed by atoms with Crippen LogP contribution in [0, 0.1) is 5.92 Å². The zero-order valence-corrected chi connectivity index (χ0v) is 31.0. The molecule has 25 heteroatoms. The second-order valence-corrected chi connectivity index (χ2v) is 12.9. The molecule has 0 saturated heterocycles. The SMILES string of the molecule is CC(C)C[C@H](NC(=O)[C@H](CC(=O)O)NC(=O)[C@H](C)NC(=O)[C@H](CCCN=C(N)N)NC(=O)[C@@H](N)CC(=O)O)C(=O)N[C@@H](CO)C(=O)N[C@@H](CCC(=O)O)C(=O)O. The molecular weight excluding hydrogens is 752 g/mol. The van der Waals surface area contributed by atoms with Gasteiger partial charge in [-0.3, -0.25) is 48.1 Å². The summed E-state index contributed by atoms with van der Waals surface area (Å²) in [6.45, 7) is 3.40. The molecular formula is C31H52N10O15. The molecule has 0 aromatic rings. The van der Waals surface area contributed by atoms with Crippen LogP contribution in [0.5, 0.6) is 0 Å². The van der Waals surface area contributed by atoms with E-state index in [2.05, 4.69) is 31.6 Å². The van der Waals surface area contributed by atoms with E-state index in [1.54, 1.807) is 13.8 Å². The number of amides is 6. The van der Waals surface area contributed by atoms with Crippen LogP contribution in [0.15, 0.2) is 4.99 Å². The predicted octanol–water partition coefficient (Wildman–Crippen LogP) is -5.77. The molecule has 17 N–H and O–H groups in total. The highest BCUT2D eigenvalue weighted by molar-refractivity contribution is 5.98. The van der Waals surface area contributed by atoms with Crippen molar-refractivity contribution in [3.8, 4) is 0 Å². The van der Waals surface area contributed by atoms with Crippen molar-refractivity contribution in [2.24, 2.45) is 28.1 Å². The highest BCUT2D eigenvalue weighted by Crippen LogP contribution is 2.08. The van der Waals surface area contributed by atoms with Gasteiger partial charge in [0.1, 0.15) is 36.3 Å². The monoisotopic (exact) mass is 804 g/mol. The van der Waals surface area contributed by atoms with E-state index in [0.717, 1.165) is 6.92 Å². The average molecular weight is 805 g/mol. The summed E-state index contributed by atoms with van der Waals surface area (Å²) in [6.07, 6.45) is -3.05. The number of nitrogens with one attached hydrogen (secondary N) is 6. The van der Waals surface area contributed by atoms with Gasteiger partial charge in [-0.25, -0.2) is 4.79 Å². The summed E-state index contributed by atoms with van der Waals surface area (Å²) < 4.78 is 0. The lowest BCUT2D eigenvalue weighted by Crippen LogP contribution is -2.60. The van der Waals surface area contributed by atoms with Crippen LogP contribution in [0.2, 0.25) is 0 Å². The first-order valence-corrected chi connectivity index (χ1v) is 17.1. The standard InChI is InChI=1S/C31H52N10O15/c1-13(2)9-18(27(52)41-20(12-42)29(54)38-17(30(55)56)6-7-21(43)44)40-28(53)19(11-23(47)48)39-24(49)14(3)36-26(51)16(5-4-8-35-31(33)34)37-25(50)15(32)10-22(45)46/h13-20,42H,4-12,32H2,1-3H3,(H,36,51)(H,37,50)(H,38,54)(H,39,49)(H,40,53)(H,41,52)(H,43,44)(H,45,46)(H,47,48)(H,55,56)(H4,33,34,35)/t14-,15-,16-,17-,18-,19-,20-/m0/s1. The van der Waals surface area contributed by atoms with E-state index < -0.39 is 134 Å². The van der Waals surface area contributed by atoms with E-state index in [4.69, 9.17) is 27.4 Å². The third kappa shape index (κ3) is 20.4. The number of carbonyl (C=O) groups excluding carboxylic acids is 6. The second kappa shape index (κ2) is 25.1. The van der Waals surface area contributed by atoms with Crippen molar-refractivity contribution in [3.05, 3.63) is 0 Å². The Labute approximate surface area is 319 Å². The summed E-state index contributed by atoms with van der Waals surface area (Å²) in [5.41, 5.74) is 16.2. The van der Waals surface area contributed by atoms with Crippen LogP contribution in [0.4, 0.5) is 0 Å². The molecule has 0 aliphatic heterocycles. The maximum absolute atomic E-state index is 13.3. The fourth-order valence-corrected chi connectivity index (χ4v) is 4.63. The number of hydrogen-bond acceptors (Lipinski definition) is 13. The van der Waals surface area contributed by atoms with Crippen molar-refractivity contribution in [3.63, 3.8) is 0 Å². The molecule has 56 heavy (non-hydrogen) atoms. The van der Waals surface area contributed by atoms with Crippen LogP contribution in [0.3, 0.4) is 0 Å². The molecule has 7 atom stereocenters. The Hall–Kier alpha value is -6.11. The molecule has 0 fully saturated rings. The van der Waals surface area contributed by atoms with Crippen LogP contribution in [-0.4, -0.2) is 146 Å². The molecule has 0 aromatic heterocycles. The van der Waals surface area contributed by atoms with E-state index in [1.165, 1.54) is 0 Å².